The van der Waals surface area contributed by atoms with Crippen LogP contribution in [0, 0.1) is 0 Å². The molecule has 0 radical (unpaired) electrons. The zero-order valence-corrected chi connectivity index (χ0v) is 18.3. The second kappa shape index (κ2) is 9.56. The molecular formula is C24H24N4O5. The summed E-state index contributed by atoms with van der Waals surface area (Å²) in [6.45, 7) is 0.972. The number of nitrogens with zero attached hydrogens (tertiary/aromatic N) is 4. The first-order chi connectivity index (χ1) is 16.0. The molecule has 1 fully saturated rings. The highest BCUT2D eigenvalue weighted by molar-refractivity contribution is 6.46. The molecule has 4 rings (SSSR count). The Labute approximate surface area is 190 Å². The Hall–Kier alpha value is -4.14. The van der Waals surface area contributed by atoms with E-state index in [4.69, 9.17) is 9.47 Å². The van der Waals surface area contributed by atoms with Crippen LogP contribution < -0.4 is 9.47 Å². The number of benzene rings is 1. The van der Waals surface area contributed by atoms with Crippen molar-refractivity contribution < 1.29 is 24.2 Å². The SMILES string of the molecule is COc1ccc(C(O)=C2C(=O)C(=O)N(CCCn3ccnc3)[C@H]2c2ccncc2)cc1OC. The van der Waals surface area contributed by atoms with Gasteiger partial charge >= 0.3 is 0 Å². The quantitative estimate of drug-likeness (QED) is 0.321. The molecule has 0 aliphatic carbocycles. The molecule has 3 aromatic rings. The van der Waals surface area contributed by atoms with Gasteiger partial charge in [0.15, 0.2) is 11.5 Å². The summed E-state index contributed by atoms with van der Waals surface area (Å²) in [6, 6.07) is 7.57. The average molecular weight is 448 g/mol. The van der Waals surface area contributed by atoms with E-state index in [1.54, 1.807) is 55.2 Å². The number of carbonyl (C=O) groups excluding carboxylic acids is 2. The molecule has 0 spiro atoms. The third kappa shape index (κ3) is 4.30. The highest BCUT2D eigenvalue weighted by Gasteiger charge is 2.45. The monoisotopic (exact) mass is 448 g/mol. The summed E-state index contributed by atoms with van der Waals surface area (Å²) in [6.07, 6.45) is 9.03. The Kier molecular flexibility index (Phi) is 6.39. The summed E-state index contributed by atoms with van der Waals surface area (Å²) in [7, 11) is 2.99. The van der Waals surface area contributed by atoms with Gasteiger partial charge in [-0.2, -0.15) is 0 Å². The molecule has 1 aliphatic rings. The third-order valence-electron chi connectivity index (χ3n) is 5.59. The van der Waals surface area contributed by atoms with Crippen LogP contribution in [0.3, 0.4) is 0 Å². The van der Waals surface area contributed by atoms with E-state index in [1.807, 2.05) is 10.8 Å². The number of carbonyl (C=O) groups is 2. The predicted molar refractivity (Wildman–Crippen MR) is 120 cm³/mol. The topological polar surface area (TPSA) is 107 Å². The normalized spacial score (nSPS) is 17.4. The molecule has 1 aromatic carbocycles. The highest BCUT2D eigenvalue weighted by Crippen LogP contribution is 2.40. The van der Waals surface area contributed by atoms with Gasteiger partial charge in [-0.3, -0.25) is 14.6 Å². The summed E-state index contributed by atoms with van der Waals surface area (Å²) in [4.78, 5) is 35.6. The molecule has 9 heteroatoms. The minimum Gasteiger partial charge on any atom is -0.507 e. The fourth-order valence-corrected chi connectivity index (χ4v) is 3.98. The number of ether oxygens (including phenoxy) is 2. The van der Waals surface area contributed by atoms with Gasteiger partial charge in [-0.1, -0.05) is 0 Å². The van der Waals surface area contributed by atoms with Crippen molar-refractivity contribution in [2.75, 3.05) is 20.8 Å². The van der Waals surface area contributed by atoms with Gasteiger partial charge in [0.25, 0.3) is 11.7 Å². The summed E-state index contributed by atoms with van der Waals surface area (Å²) < 4.78 is 12.5. The van der Waals surface area contributed by atoms with Crippen molar-refractivity contribution in [3.05, 3.63) is 78.1 Å². The molecule has 2 aromatic heterocycles. The van der Waals surface area contributed by atoms with E-state index >= 15 is 0 Å². The molecule has 170 valence electrons. The number of aryl methyl sites for hydroxylation is 1. The lowest BCUT2D eigenvalue weighted by Crippen LogP contribution is -2.31. The van der Waals surface area contributed by atoms with Crippen molar-refractivity contribution in [1.29, 1.82) is 0 Å². The highest BCUT2D eigenvalue weighted by atomic mass is 16.5. The number of methoxy groups -OCH3 is 2. The van der Waals surface area contributed by atoms with Gasteiger partial charge in [0, 0.05) is 43.4 Å². The lowest BCUT2D eigenvalue weighted by Gasteiger charge is -2.25. The minimum atomic E-state index is -0.733. The maximum Gasteiger partial charge on any atom is 0.295 e. The number of amides is 1. The molecule has 1 amide bonds. The minimum absolute atomic E-state index is 0.0288. The van der Waals surface area contributed by atoms with Gasteiger partial charge in [0.1, 0.15) is 5.76 Å². The number of Topliss-reactive ketones (excluding diaryl/α,β-unsaturated/α-hetero) is 1. The largest absolute Gasteiger partial charge is 0.507 e. The summed E-state index contributed by atoms with van der Waals surface area (Å²) in [5, 5.41) is 11.2. The predicted octanol–water partition coefficient (Wildman–Crippen LogP) is 2.81. The molecule has 9 nitrogen and oxygen atoms in total. The lowest BCUT2D eigenvalue weighted by atomic mass is 9.95. The lowest BCUT2D eigenvalue weighted by molar-refractivity contribution is -0.139. The number of aliphatic hydroxyl groups is 1. The van der Waals surface area contributed by atoms with Crippen LogP contribution in [0.5, 0.6) is 11.5 Å². The second-order valence-corrected chi connectivity index (χ2v) is 7.50. The first-order valence-electron chi connectivity index (χ1n) is 10.4. The van der Waals surface area contributed by atoms with Crippen LogP contribution in [0.4, 0.5) is 0 Å². The van der Waals surface area contributed by atoms with Gasteiger partial charge in [-0.15, -0.1) is 0 Å². The molecule has 0 saturated carbocycles. The number of likely N-dealkylation sites (tertiary alicyclic amines) is 1. The Morgan fingerprint density at radius 3 is 2.42 bits per heavy atom. The molecule has 1 saturated heterocycles. The van der Waals surface area contributed by atoms with E-state index in [0.717, 1.165) is 0 Å². The van der Waals surface area contributed by atoms with Crippen LogP contribution in [0.25, 0.3) is 5.76 Å². The number of imidazole rings is 1. The summed E-state index contributed by atoms with van der Waals surface area (Å²) in [5.74, 6) is -0.763. The number of pyridine rings is 1. The van der Waals surface area contributed by atoms with Crippen LogP contribution in [-0.2, 0) is 16.1 Å². The maximum atomic E-state index is 13.1. The molecular weight excluding hydrogens is 424 g/mol. The summed E-state index contributed by atoms with van der Waals surface area (Å²) >= 11 is 0. The summed E-state index contributed by atoms with van der Waals surface area (Å²) in [5.41, 5.74) is 1.07. The van der Waals surface area contributed by atoms with Crippen molar-refractivity contribution in [3.63, 3.8) is 0 Å². The van der Waals surface area contributed by atoms with Crippen molar-refractivity contribution >= 4 is 17.4 Å². The zero-order chi connectivity index (χ0) is 23.4. The van der Waals surface area contributed by atoms with Crippen LogP contribution >= 0.6 is 0 Å². The smallest absolute Gasteiger partial charge is 0.295 e. The Morgan fingerprint density at radius 1 is 1.00 bits per heavy atom. The number of hydrogen-bond donors (Lipinski definition) is 1. The Morgan fingerprint density at radius 2 is 1.76 bits per heavy atom. The Bertz CT molecular complexity index is 1170. The van der Waals surface area contributed by atoms with Gasteiger partial charge in [0.2, 0.25) is 0 Å². The van der Waals surface area contributed by atoms with Crippen molar-refractivity contribution in [3.8, 4) is 11.5 Å². The first-order valence-corrected chi connectivity index (χ1v) is 10.4. The van der Waals surface area contributed by atoms with E-state index in [2.05, 4.69) is 9.97 Å². The average Bonchev–Trinajstić information content (AvgIpc) is 3.46. The van der Waals surface area contributed by atoms with Crippen LogP contribution in [0.2, 0.25) is 0 Å². The van der Waals surface area contributed by atoms with E-state index in [9.17, 15) is 14.7 Å². The molecule has 0 bridgehead atoms. The molecule has 1 atom stereocenters. The molecule has 0 unspecified atom stereocenters. The van der Waals surface area contributed by atoms with Crippen LogP contribution in [0.15, 0.2) is 67.0 Å². The van der Waals surface area contributed by atoms with E-state index in [1.165, 1.54) is 19.1 Å². The Balaban J connectivity index is 1.73. The van der Waals surface area contributed by atoms with E-state index in [0.29, 0.717) is 42.1 Å². The van der Waals surface area contributed by atoms with Gasteiger partial charge in [-0.05, 0) is 42.3 Å². The molecule has 1 aliphatic heterocycles. The fourth-order valence-electron chi connectivity index (χ4n) is 3.98. The molecule has 3 heterocycles. The zero-order valence-electron chi connectivity index (χ0n) is 18.3. The van der Waals surface area contributed by atoms with Crippen LogP contribution in [0.1, 0.15) is 23.6 Å². The van der Waals surface area contributed by atoms with Gasteiger partial charge < -0.3 is 24.0 Å². The van der Waals surface area contributed by atoms with Gasteiger partial charge in [0.05, 0.1) is 32.2 Å². The maximum absolute atomic E-state index is 13.1. The van der Waals surface area contributed by atoms with E-state index in [-0.39, 0.29) is 11.3 Å². The number of hydrogen-bond acceptors (Lipinski definition) is 7. The fraction of sp³-hybridized carbons (Fsp3) is 0.250. The van der Waals surface area contributed by atoms with E-state index < -0.39 is 17.7 Å². The van der Waals surface area contributed by atoms with Crippen molar-refractivity contribution in [2.45, 2.75) is 19.0 Å². The second-order valence-electron chi connectivity index (χ2n) is 7.50. The van der Waals surface area contributed by atoms with Crippen LogP contribution in [-0.4, -0.2) is 57.0 Å². The molecule has 33 heavy (non-hydrogen) atoms. The number of aliphatic hydroxyl groups excluding tert-OH is 1. The van der Waals surface area contributed by atoms with Crippen molar-refractivity contribution in [1.82, 2.24) is 19.4 Å². The standard InChI is InChI=1S/C24H24N4O5/c1-32-18-5-4-17(14-19(18)33-2)22(29)20-21(16-6-8-25-9-7-16)28(24(31)23(20)30)12-3-11-27-13-10-26-15-27/h4-10,13-15,21,29H,3,11-12H2,1-2H3/t21-/m0/s1. The number of rotatable bonds is 8. The third-order valence-corrected chi connectivity index (χ3v) is 5.59. The first kappa shape index (κ1) is 22.1. The molecule has 1 N–H and O–H groups in total. The van der Waals surface area contributed by atoms with Crippen molar-refractivity contribution in [2.24, 2.45) is 0 Å². The number of ketones is 1. The number of aromatic nitrogens is 3. The van der Waals surface area contributed by atoms with Gasteiger partial charge in [-0.25, -0.2) is 4.98 Å².